The Balaban J connectivity index is 0. The molecule has 9 nitrogen and oxygen atoms in total. The smallest absolute Gasteiger partial charge is 0.294 e. The number of likely N-dealkylation sites (N-methyl/N-ethyl adjacent to an activating group) is 1. The highest BCUT2D eigenvalue weighted by Crippen LogP contribution is 1.88. The van der Waals surface area contributed by atoms with E-state index in [1.54, 1.807) is 0 Å². The Kier molecular flexibility index (Phi) is 7.48. The van der Waals surface area contributed by atoms with E-state index in [-0.39, 0.29) is 6.61 Å². The van der Waals surface area contributed by atoms with E-state index < -0.39 is 15.3 Å². The molecular weight excluding hydrogens is 236 g/mol. The van der Waals surface area contributed by atoms with Gasteiger partial charge < -0.3 is 9.32 Å². The van der Waals surface area contributed by atoms with Gasteiger partial charge >= 0.3 is 0 Å². The monoisotopic (exact) mass is 248 g/mol. The summed E-state index contributed by atoms with van der Waals surface area (Å²) in [7, 11) is 0.899. The van der Waals surface area contributed by atoms with E-state index in [1.807, 2.05) is 21.1 Å². The molecule has 0 aromatic heterocycles. The molecule has 0 N–H and O–H groups in total. The van der Waals surface area contributed by atoms with Crippen LogP contribution in [0.1, 0.15) is 0 Å². The van der Waals surface area contributed by atoms with Gasteiger partial charge in [-0.3, -0.25) is 0 Å². The van der Waals surface area contributed by atoms with Crippen LogP contribution in [-0.4, -0.2) is 43.9 Å². The molecule has 0 saturated carbocycles. The van der Waals surface area contributed by atoms with Crippen molar-refractivity contribution in [3.63, 3.8) is 0 Å². The molecule has 0 aliphatic heterocycles. The number of quaternary nitrogens is 1. The number of nitrogens with zero attached hydrogens (tertiary/aromatic N) is 2. The van der Waals surface area contributed by atoms with Crippen molar-refractivity contribution in [1.29, 1.82) is 0 Å². The fourth-order valence-electron chi connectivity index (χ4n) is 0.389. The van der Waals surface area contributed by atoms with Gasteiger partial charge in [0, 0.05) is 0 Å². The van der Waals surface area contributed by atoms with Crippen LogP contribution in [0, 0.1) is 20.4 Å². The minimum atomic E-state index is -4.94. The molecule has 0 heterocycles. The zero-order chi connectivity index (χ0) is 12.7. The Bertz CT molecular complexity index is 181. The summed E-state index contributed by atoms with van der Waals surface area (Å²) in [5.74, 6) is 0. The summed E-state index contributed by atoms with van der Waals surface area (Å²) in [5, 5.41) is 8.89. The molecule has 0 aliphatic rings. The molecule has 0 aromatic carbocycles. The van der Waals surface area contributed by atoms with E-state index in [1.165, 1.54) is 0 Å². The van der Waals surface area contributed by atoms with E-state index in [9.17, 15) is 10.1 Å². The van der Waals surface area contributed by atoms with Crippen LogP contribution in [0.15, 0.2) is 0 Å². The van der Waals surface area contributed by atoms with Crippen molar-refractivity contribution in [2.75, 3.05) is 34.3 Å². The summed E-state index contributed by atoms with van der Waals surface area (Å²) in [6.07, 6.45) is 0. The highest BCUT2D eigenvalue weighted by molar-refractivity contribution is 4.21. The molecule has 0 spiro atoms. The Morgan fingerprint density at radius 3 is 1.73 bits per heavy atom. The Labute approximate surface area is 88.5 Å². The molecule has 0 rings (SSSR count). The molecule has 0 aliphatic carbocycles. The second-order valence-electron chi connectivity index (χ2n) is 3.45. The molecule has 0 fully saturated rings. The van der Waals surface area contributed by atoms with E-state index in [2.05, 4.69) is 4.84 Å². The van der Waals surface area contributed by atoms with Gasteiger partial charge in [-0.15, -0.1) is 20.4 Å². The molecule has 0 aromatic rings. The summed E-state index contributed by atoms with van der Waals surface area (Å²) in [6, 6.07) is 0. The van der Waals surface area contributed by atoms with Crippen LogP contribution in [0.2, 0.25) is 0 Å². The van der Waals surface area contributed by atoms with Crippen molar-refractivity contribution in [3.8, 4) is 0 Å². The lowest BCUT2D eigenvalue weighted by atomic mass is 10.5. The van der Waals surface area contributed by atoms with Crippen LogP contribution < -0.4 is 18.6 Å². The molecular formula is C5H13ClN2O7. The average molecular weight is 249 g/mol. The summed E-state index contributed by atoms with van der Waals surface area (Å²) in [5.41, 5.74) is 0. The van der Waals surface area contributed by atoms with E-state index in [4.69, 9.17) is 18.6 Å². The fraction of sp³-hybridized carbons (Fsp3) is 1.00. The van der Waals surface area contributed by atoms with Gasteiger partial charge in [0.2, 0.25) is 0 Å². The lowest BCUT2D eigenvalue weighted by Gasteiger charge is -2.22. The van der Waals surface area contributed by atoms with Crippen molar-refractivity contribution in [2.45, 2.75) is 0 Å². The van der Waals surface area contributed by atoms with Crippen LogP contribution in [-0.2, 0) is 4.84 Å². The van der Waals surface area contributed by atoms with Crippen molar-refractivity contribution >= 4 is 0 Å². The second-order valence-corrected chi connectivity index (χ2v) is 4.20. The van der Waals surface area contributed by atoms with Crippen molar-refractivity contribution in [1.82, 2.24) is 0 Å². The van der Waals surface area contributed by atoms with Crippen molar-refractivity contribution < 1.29 is 43.3 Å². The number of hydrogen-bond acceptors (Lipinski definition) is 7. The topological polar surface area (TPSA) is 145 Å². The molecule has 15 heavy (non-hydrogen) atoms. The van der Waals surface area contributed by atoms with Gasteiger partial charge in [0.25, 0.3) is 5.09 Å². The predicted molar refractivity (Wildman–Crippen MR) is 35.8 cm³/mol. The molecule has 0 atom stereocenters. The van der Waals surface area contributed by atoms with Gasteiger partial charge in [-0.25, -0.2) is 18.6 Å². The molecule has 0 radical (unpaired) electrons. The molecule has 0 unspecified atom stereocenters. The van der Waals surface area contributed by atoms with Crippen LogP contribution >= 0.6 is 0 Å². The second kappa shape index (κ2) is 6.71. The minimum Gasteiger partial charge on any atom is -0.329 e. The minimum absolute atomic E-state index is 0.163. The average Bonchev–Trinajstić information content (AvgIpc) is 1.77. The maximum absolute atomic E-state index is 9.66. The normalized spacial score (nSPS) is 11.4. The molecule has 92 valence electrons. The highest BCUT2D eigenvalue weighted by Gasteiger charge is 2.06. The Morgan fingerprint density at radius 1 is 1.20 bits per heavy atom. The summed E-state index contributed by atoms with van der Waals surface area (Å²) in [6.45, 7) is 0.803. The Morgan fingerprint density at radius 2 is 1.53 bits per heavy atom. The summed E-state index contributed by atoms with van der Waals surface area (Å²) in [4.78, 5) is 13.8. The van der Waals surface area contributed by atoms with E-state index in [0.29, 0.717) is 11.0 Å². The highest BCUT2D eigenvalue weighted by atomic mass is 35.7. The van der Waals surface area contributed by atoms with Gasteiger partial charge in [-0.1, -0.05) is 0 Å². The maximum Gasteiger partial charge on any atom is 0.294 e. The van der Waals surface area contributed by atoms with Gasteiger partial charge in [-0.05, 0) is 0 Å². The Hall–Kier alpha value is -0.710. The summed E-state index contributed by atoms with van der Waals surface area (Å²) >= 11 is 0. The number of halogens is 1. The third-order valence-electron chi connectivity index (χ3n) is 0.959. The van der Waals surface area contributed by atoms with Crippen LogP contribution in [0.3, 0.4) is 0 Å². The first-order chi connectivity index (χ1) is 6.42. The molecule has 0 saturated heterocycles. The third-order valence-corrected chi connectivity index (χ3v) is 0.959. The summed E-state index contributed by atoms with van der Waals surface area (Å²) < 4.78 is 34.6. The van der Waals surface area contributed by atoms with Gasteiger partial charge in [-0.2, -0.15) is 0 Å². The van der Waals surface area contributed by atoms with Crippen molar-refractivity contribution in [2.24, 2.45) is 0 Å². The van der Waals surface area contributed by atoms with Crippen molar-refractivity contribution in [3.05, 3.63) is 10.1 Å². The quantitative estimate of drug-likeness (QED) is 0.275. The molecule has 10 heteroatoms. The van der Waals surface area contributed by atoms with E-state index in [0.717, 1.165) is 0 Å². The maximum atomic E-state index is 9.66. The number of rotatable bonds is 4. The zero-order valence-corrected chi connectivity index (χ0v) is 9.30. The van der Waals surface area contributed by atoms with Gasteiger partial charge in [0.1, 0.15) is 13.2 Å². The van der Waals surface area contributed by atoms with Crippen LogP contribution in [0.25, 0.3) is 0 Å². The van der Waals surface area contributed by atoms with Crippen LogP contribution in [0.5, 0.6) is 0 Å². The first kappa shape index (κ1) is 16.7. The first-order valence-corrected chi connectivity index (χ1v) is 4.85. The first-order valence-electron chi connectivity index (χ1n) is 3.61. The largest absolute Gasteiger partial charge is 0.329 e. The SMILES string of the molecule is C[N+](C)(C)CCO[N+](=O)[O-].[O-][Cl+3]([O-])([O-])[O-]. The zero-order valence-electron chi connectivity index (χ0n) is 8.54. The molecule has 0 bridgehead atoms. The van der Waals surface area contributed by atoms with Crippen LogP contribution in [0.4, 0.5) is 0 Å². The lowest BCUT2D eigenvalue weighted by molar-refractivity contribution is -2.00. The molecule has 0 amide bonds. The number of hydrogen-bond donors (Lipinski definition) is 0. The fourth-order valence-corrected chi connectivity index (χ4v) is 0.389. The standard InChI is InChI=1S/C5H13N2O3.ClHO4/c1-7(2,3)4-5-10-6(8)9;2-1(3,4)5/h4-5H2,1-3H3;(H,2,3,4,5)/q+1;/p-1. The predicted octanol–water partition coefficient (Wildman–Crippen LogP) is -4.86. The van der Waals surface area contributed by atoms with Gasteiger partial charge in [0.05, 0.1) is 21.1 Å². The lowest BCUT2D eigenvalue weighted by Crippen LogP contribution is -2.68. The van der Waals surface area contributed by atoms with Gasteiger partial charge in [0.15, 0.2) is 0 Å². The van der Waals surface area contributed by atoms with E-state index >= 15 is 0 Å². The third kappa shape index (κ3) is 42.8.